The number of nitrogens with zero attached hydrogens (tertiary/aromatic N) is 3. The largest absolute Gasteiger partial charge is 0.383 e. The van der Waals surface area contributed by atoms with Crippen LogP contribution in [-0.4, -0.2) is 20.4 Å². The Morgan fingerprint density at radius 1 is 1.14 bits per heavy atom. The lowest BCUT2D eigenvalue weighted by molar-refractivity contribution is -0.111. The van der Waals surface area contributed by atoms with E-state index in [1.807, 2.05) is 30.3 Å². The first-order valence-corrected chi connectivity index (χ1v) is 10.8. The number of aromatic nitrogens is 3. The Bertz CT molecular complexity index is 1250. The molecule has 0 aliphatic heterocycles. The summed E-state index contributed by atoms with van der Waals surface area (Å²) in [6.45, 7) is 0. The van der Waals surface area contributed by atoms with Crippen molar-refractivity contribution in [2.45, 2.75) is 10.1 Å². The molecule has 0 saturated heterocycles. The maximum Gasteiger partial charge on any atom is 0.283 e. The second kappa shape index (κ2) is 8.16. The molecular weight excluding hydrogens is 451 g/mol. The molecule has 4 rings (SSSR count). The average molecular weight is 463 g/mol. The fourth-order valence-electron chi connectivity index (χ4n) is 2.61. The van der Waals surface area contributed by atoms with Crippen LogP contribution in [0.5, 0.6) is 0 Å². The van der Waals surface area contributed by atoms with Crippen molar-refractivity contribution in [2.24, 2.45) is 0 Å². The third-order valence-corrected chi connectivity index (χ3v) is 6.68. The third kappa shape index (κ3) is 4.16. The van der Waals surface area contributed by atoms with E-state index < -0.39 is 11.3 Å². The van der Waals surface area contributed by atoms with Crippen LogP contribution in [0.15, 0.2) is 67.3 Å². The smallest absolute Gasteiger partial charge is 0.283 e. The molecule has 1 aliphatic carbocycles. The molecule has 0 amide bonds. The van der Waals surface area contributed by atoms with Crippen LogP contribution in [0.3, 0.4) is 0 Å². The quantitative estimate of drug-likeness (QED) is 0.583. The van der Waals surface area contributed by atoms with Crippen LogP contribution in [0, 0.1) is 0 Å². The molecule has 1 aliphatic rings. The van der Waals surface area contributed by atoms with Crippen molar-refractivity contribution >= 4 is 68.9 Å². The summed E-state index contributed by atoms with van der Waals surface area (Å²) in [5, 5.41) is 4.39. The lowest BCUT2D eigenvalue weighted by Gasteiger charge is -2.07. The number of Topliss-reactive ketones (excluding diaryl/α,β-unsaturated/α-hetero) is 1. The van der Waals surface area contributed by atoms with Gasteiger partial charge in [0.25, 0.3) is 5.56 Å². The Balaban J connectivity index is 1.69. The van der Waals surface area contributed by atoms with Gasteiger partial charge in [0, 0.05) is 5.75 Å². The van der Waals surface area contributed by atoms with Gasteiger partial charge in [-0.2, -0.15) is 9.50 Å². The predicted molar refractivity (Wildman–Crippen MR) is 118 cm³/mol. The molecule has 0 fully saturated rings. The molecule has 2 N–H and O–H groups in total. The van der Waals surface area contributed by atoms with E-state index in [0.717, 1.165) is 15.7 Å². The van der Waals surface area contributed by atoms with Gasteiger partial charge >= 0.3 is 0 Å². The summed E-state index contributed by atoms with van der Waals surface area (Å²) in [6, 6.07) is 9.99. The lowest BCUT2D eigenvalue weighted by Crippen LogP contribution is -2.17. The number of ketones is 1. The summed E-state index contributed by atoms with van der Waals surface area (Å²) >= 11 is 14.6. The zero-order valence-electron chi connectivity index (χ0n) is 14.6. The van der Waals surface area contributed by atoms with Crippen molar-refractivity contribution in [2.75, 3.05) is 5.73 Å². The van der Waals surface area contributed by atoms with Gasteiger partial charge in [0.05, 0.1) is 15.6 Å². The third-order valence-electron chi connectivity index (χ3n) is 4.01. The number of halogens is 2. The number of nitrogens with two attached hydrogens (primary N) is 1. The molecule has 2 aromatic heterocycles. The second-order valence-electron chi connectivity index (χ2n) is 6.01. The average Bonchev–Trinajstić information content (AvgIpc) is 3.11. The molecule has 29 heavy (non-hydrogen) atoms. The Labute approximate surface area is 183 Å². The topological polar surface area (TPSA) is 90.4 Å². The van der Waals surface area contributed by atoms with Crippen molar-refractivity contribution < 1.29 is 4.79 Å². The van der Waals surface area contributed by atoms with Gasteiger partial charge in [0.2, 0.25) is 10.7 Å². The predicted octanol–water partition coefficient (Wildman–Crippen LogP) is 4.24. The number of carbonyl (C=O) groups is 1. The molecule has 3 aromatic rings. The van der Waals surface area contributed by atoms with Crippen molar-refractivity contribution in [1.29, 1.82) is 0 Å². The van der Waals surface area contributed by atoms with E-state index in [-0.39, 0.29) is 21.4 Å². The van der Waals surface area contributed by atoms with Crippen molar-refractivity contribution in [3.63, 3.8) is 0 Å². The fourth-order valence-corrected chi connectivity index (χ4v) is 5.00. The monoisotopic (exact) mass is 462 g/mol. The van der Waals surface area contributed by atoms with Crippen LogP contribution in [0.4, 0.5) is 5.82 Å². The summed E-state index contributed by atoms with van der Waals surface area (Å²) in [6.07, 6.45) is 4.34. The summed E-state index contributed by atoms with van der Waals surface area (Å²) < 4.78 is 2.18. The Morgan fingerprint density at radius 2 is 1.83 bits per heavy atom. The summed E-state index contributed by atoms with van der Waals surface area (Å²) in [4.78, 5) is 28.6. The van der Waals surface area contributed by atoms with E-state index in [1.165, 1.54) is 45.8 Å². The van der Waals surface area contributed by atoms with Gasteiger partial charge in [-0.3, -0.25) is 9.59 Å². The van der Waals surface area contributed by atoms with Gasteiger partial charge in [-0.1, -0.05) is 76.6 Å². The molecule has 0 spiro atoms. The molecule has 146 valence electrons. The molecule has 2 heterocycles. The van der Waals surface area contributed by atoms with E-state index in [1.54, 1.807) is 0 Å². The van der Waals surface area contributed by atoms with Crippen LogP contribution < -0.4 is 11.3 Å². The number of hydrogen-bond donors (Lipinski definition) is 1. The number of rotatable bonds is 4. The van der Waals surface area contributed by atoms with E-state index >= 15 is 0 Å². The Hall–Kier alpha value is -2.39. The van der Waals surface area contributed by atoms with Gasteiger partial charge in [-0.05, 0) is 29.4 Å². The molecule has 0 saturated carbocycles. The van der Waals surface area contributed by atoms with Gasteiger partial charge in [-0.25, -0.2) is 0 Å². The highest BCUT2D eigenvalue weighted by Crippen LogP contribution is 2.29. The van der Waals surface area contributed by atoms with Crippen molar-refractivity contribution in [1.82, 2.24) is 14.6 Å². The van der Waals surface area contributed by atoms with Crippen LogP contribution in [0.1, 0.15) is 11.1 Å². The maximum atomic E-state index is 12.5. The molecular formula is C19H12Cl2N4O2S2. The van der Waals surface area contributed by atoms with Crippen molar-refractivity contribution in [3.05, 3.63) is 79.6 Å². The van der Waals surface area contributed by atoms with E-state index in [2.05, 4.69) is 10.1 Å². The van der Waals surface area contributed by atoms with Gasteiger partial charge < -0.3 is 5.73 Å². The minimum atomic E-state index is -0.496. The molecule has 6 nitrogen and oxygen atoms in total. The van der Waals surface area contributed by atoms with Gasteiger partial charge in [0.1, 0.15) is 5.82 Å². The highest BCUT2D eigenvalue weighted by Gasteiger charge is 2.18. The minimum Gasteiger partial charge on any atom is -0.383 e. The fraction of sp³-hybridized carbons (Fsp3) is 0.0526. The van der Waals surface area contributed by atoms with Crippen molar-refractivity contribution in [3.8, 4) is 0 Å². The number of thioether (sulfide) groups is 1. The van der Waals surface area contributed by atoms with E-state index in [0.29, 0.717) is 10.5 Å². The summed E-state index contributed by atoms with van der Waals surface area (Å²) in [5.74, 6) is 0.424. The number of hydrogen-bond acceptors (Lipinski definition) is 7. The molecule has 10 heteroatoms. The van der Waals surface area contributed by atoms with Crippen LogP contribution in [-0.2, 0) is 10.5 Å². The number of benzene rings is 1. The number of carbonyl (C=O) groups excluding carboxylic acids is 1. The van der Waals surface area contributed by atoms with Crippen LogP contribution in [0.25, 0.3) is 11.0 Å². The normalized spacial score (nSPS) is 14.1. The molecule has 0 atom stereocenters. The Morgan fingerprint density at radius 3 is 2.52 bits per heavy atom. The van der Waals surface area contributed by atoms with E-state index in [9.17, 15) is 9.59 Å². The zero-order chi connectivity index (χ0) is 20.5. The first kappa shape index (κ1) is 19.9. The van der Waals surface area contributed by atoms with E-state index in [4.69, 9.17) is 28.9 Å². The lowest BCUT2D eigenvalue weighted by atomic mass is 10.1. The Kier molecular flexibility index (Phi) is 5.60. The standard InChI is InChI=1S/C19H12Cl2N4O2S2/c20-13-7-11(8-14(21)15(13)26)6-12-16(22)25-18(23-17(12)27)29-19(24-25)28-9-10-4-2-1-3-5-10/h1-8H,9,22H2. The van der Waals surface area contributed by atoms with Gasteiger partial charge in [0.15, 0.2) is 4.34 Å². The molecule has 1 aromatic carbocycles. The zero-order valence-corrected chi connectivity index (χ0v) is 17.8. The summed E-state index contributed by atoms with van der Waals surface area (Å²) in [7, 11) is 0. The number of fused-ring (bicyclic) bond motifs is 1. The molecule has 0 radical (unpaired) electrons. The maximum absolute atomic E-state index is 12.5. The molecule has 0 bridgehead atoms. The van der Waals surface area contributed by atoms with Gasteiger partial charge in [-0.15, -0.1) is 5.10 Å². The number of anilines is 1. The number of allylic oxidation sites excluding steroid dienone is 5. The SMILES string of the molecule is Nc1c(C=C2C=C(Cl)C(=O)C(Cl)=C2)c(=O)nc2sc(SCc3ccccc3)nn12. The van der Waals surface area contributed by atoms with Crippen LogP contribution >= 0.6 is 46.3 Å². The van der Waals surface area contributed by atoms with Crippen LogP contribution in [0.2, 0.25) is 0 Å². The number of nitrogen functional groups attached to an aromatic ring is 1. The minimum absolute atomic E-state index is 0.0373. The second-order valence-corrected chi connectivity index (χ2v) is 9.00. The first-order valence-electron chi connectivity index (χ1n) is 8.29. The molecule has 0 unspecified atom stereocenters. The highest BCUT2D eigenvalue weighted by molar-refractivity contribution is 8.00. The highest BCUT2D eigenvalue weighted by atomic mass is 35.5. The summed E-state index contributed by atoms with van der Waals surface area (Å²) in [5.41, 5.74) is 7.48. The first-order chi connectivity index (χ1) is 13.9.